The van der Waals surface area contributed by atoms with E-state index < -0.39 is 18.0 Å². The van der Waals surface area contributed by atoms with Crippen LogP contribution < -0.4 is 0 Å². The van der Waals surface area contributed by atoms with E-state index in [4.69, 9.17) is 9.15 Å². The first kappa shape index (κ1) is 19.1. The van der Waals surface area contributed by atoms with E-state index in [0.717, 1.165) is 5.56 Å². The van der Waals surface area contributed by atoms with Crippen molar-refractivity contribution in [1.29, 1.82) is 0 Å². The van der Waals surface area contributed by atoms with Gasteiger partial charge in [0.1, 0.15) is 24.0 Å². The normalized spacial score (nSPS) is 17.4. The molecular weight excluding hydrogens is 375 g/mol. The second-order valence-electron chi connectivity index (χ2n) is 7.17. The number of carbonyl (C=O) groups excluding carboxylic acids is 2. The van der Waals surface area contributed by atoms with Crippen molar-refractivity contribution in [3.05, 3.63) is 71.7 Å². The summed E-state index contributed by atoms with van der Waals surface area (Å²) in [4.78, 5) is 29.2. The van der Waals surface area contributed by atoms with Crippen molar-refractivity contribution in [3.63, 3.8) is 0 Å². The lowest BCUT2D eigenvalue weighted by Crippen LogP contribution is -2.57. The first-order valence-electron chi connectivity index (χ1n) is 9.40. The van der Waals surface area contributed by atoms with Crippen LogP contribution in [0, 0.1) is 5.82 Å². The summed E-state index contributed by atoms with van der Waals surface area (Å²) in [5.41, 5.74) is 1.30. The van der Waals surface area contributed by atoms with E-state index in [9.17, 15) is 14.0 Å². The molecule has 0 saturated carbocycles. The van der Waals surface area contributed by atoms with Gasteiger partial charge in [0.05, 0.1) is 0 Å². The summed E-state index contributed by atoms with van der Waals surface area (Å²) in [7, 11) is 1.89. The number of hydrogen-bond acceptors (Lipinski definition) is 5. The molecule has 0 bridgehead atoms. The summed E-state index contributed by atoms with van der Waals surface area (Å²) in [6, 6.07) is 14.2. The lowest BCUT2D eigenvalue weighted by Gasteiger charge is -2.37. The molecule has 0 aliphatic carbocycles. The molecule has 1 aromatic heterocycles. The molecule has 1 atom stereocenters. The monoisotopic (exact) mass is 396 g/mol. The Labute approximate surface area is 167 Å². The fourth-order valence-electron chi connectivity index (χ4n) is 3.46. The molecule has 0 unspecified atom stereocenters. The molecule has 6 nitrogen and oxygen atoms in total. The van der Waals surface area contributed by atoms with Gasteiger partial charge in [-0.25, -0.2) is 9.18 Å². The average Bonchev–Trinajstić information content (AvgIpc) is 3.15. The lowest BCUT2D eigenvalue weighted by atomic mass is 10.1. The van der Waals surface area contributed by atoms with Crippen LogP contribution in [0.3, 0.4) is 0 Å². The first-order chi connectivity index (χ1) is 14.0. The highest BCUT2D eigenvalue weighted by atomic mass is 19.1. The summed E-state index contributed by atoms with van der Waals surface area (Å²) in [5, 5.41) is 0.510. The van der Waals surface area contributed by atoms with Crippen LogP contribution in [0.15, 0.2) is 59.0 Å². The van der Waals surface area contributed by atoms with E-state index >= 15 is 0 Å². The second kappa shape index (κ2) is 8.05. The SMILES string of the molecule is CN1CCN(C(=O)OCc2ccccc2)[C@H](C(=O)c2cc3cc(F)ccc3o2)C1. The minimum atomic E-state index is -0.734. The van der Waals surface area contributed by atoms with Gasteiger partial charge in [-0.3, -0.25) is 9.69 Å². The highest BCUT2D eigenvalue weighted by molar-refractivity contribution is 6.02. The number of ether oxygens (including phenoxy) is 1. The molecule has 2 heterocycles. The molecule has 1 fully saturated rings. The summed E-state index contributed by atoms with van der Waals surface area (Å²) in [6.07, 6.45) is -0.539. The molecular formula is C22H21FN2O4. The topological polar surface area (TPSA) is 63.0 Å². The molecule has 29 heavy (non-hydrogen) atoms. The van der Waals surface area contributed by atoms with Crippen molar-refractivity contribution >= 4 is 22.8 Å². The van der Waals surface area contributed by atoms with Crippen molar-refractivity contribution in [1.82, 2.24) is 9.80 Å². The van der Waals surface area contributed by atoms with Crippen molar-refractivity contribution in [2.24, 2.45) is 0 Å². The second-order valence-corrected chi connectivity index (χ2v) is 7.17. The van der Waals surface area contributed by atoms with Gasteiger partial charge in [-0.1, -0.05) is 30.3 Å². The van der Waals surface area contributed by atoms with Gasteiger partial charge in [-0.15, -0.1) is 0 Å². The Hall–Kier alpha value is -3.19. The fraction of sp³-hybridized carbons (Fsp3) is 0.273. The third-order valence-corrected chi connectivity index (χ3v) is 5.05. The zero-order chi connectivity index (χ0) is 20.4. The number of piperazine rings is 1. The van der Waals surface area contributed by atoms with E-state index in [1.54, 1.807) is 0 Å². The third-order valence-electron chi connectivity index (χ3n) is 5.05. The van der Waals surface area contributed by atoms with Gasteiger partial charge in [0, 0.05) is 25.0 Å². The van der Waals surface area contributed by atoms with Crippen LogP contribution in [0.1, 0.15) is 16.1 Å². The Bertz CT molecular complexity index is 1030. The predicted molar refractivity (Wildman–Crippen MR) is 105 cm³/mol. The largest absolute Gasteiger partial charge is 0.453 e. The highest BCUT2D eigenvalue weighted by Crippen LogP contribution is 2.24. The maximum absolute atomic E-state index is 13.4. The van der Waals surface area contributed by atoms with Crippen LogP contribution in [0.25, 0.3) is 11.0 Å². The van der Waals surface area contributed by atoms with E-state index in [2.05, 4.69) is 0 Å². The van der Waals surface area contributed by atoms with Crippen LogP contribution >= 0.6 is 0 Å². The standard InChI is InChI=1S/C22H21FN2O4/c1-24-9-10-25(22(27)28-14-15-5-3-2-4-6-15)18(13-24)21(26)20-12-16-11-17(23)7-8-19(16)29-20/h2-8,11-12,18H,9-10,13-14H2,1H3/t18-/m0/s1. The Morgan fingerprint density at radius 1 is 1.14 bits per heavy atom. The van der Waals surface area contributed by atoms with Crippen LogP contribution in [0.2, 0.25) is 0 Å². The molecule has 1 saturated heterocycles. The summed E-state index contributed by atoms with van der Waals surface area (Å²) in [5.74, 6) is -0.627. The molecule has 1 aliphatic rings. The van der Waals surface area contributed by atoms with Crippen LogP contribution in [-0.2, 0) is 11.3 Å². The van der Waals surface area contributed by atoms with Crippen molar-refractivity contribution in [2.45, 2.75) is 12.6 Å². The van der Waals surface area contributed by atoms with Crippen molar-refractivity contribution in [2.75, 3.05) is 26.7 Å². The van der Waals surface area contributed by atoms with Crippen molar-refractivity contribution < 1.29 is 23.1 Å². The number of hydrogen-bond donors (Lipinski definition) is 0. The van der Waals surface area contributed by atoms with Crippen molar-refractivity contribution in [3.8, 4) is 0 Å². The molecule has 0 radical (unpaired) electrons. The molecule has 3 aromatic rings. The zero-order valence-corrected chi connectivity index (χ0v) is 16.0. The average molecular weight is 396 g/mol. The molecule has 0 spiro atoms. The number of halogens is 1. The Kier molecular flexibility index (Phi) is 5.31. The summed E-state index contributed by atoms with van der Waals surface area (Å²) in [6.45, 7) is 1.51. The van der Waals surface area contributed by atoms with Gasteiger partial charge in [-0.05, 0) is 36.9 Å². The number of furan rings is 1. The molecule has 7 heteroatoms. The van der Waals surface area contributed by atoms with Crippen LogP contribution in [0.5, 0.6) is 0 Å². The zero-order valence-electron chi connectivity index (χ0n) is 16.0. The van der Waals surface area contributed by atoms with Gasteiger partial charge in [0.25, 0.3) is 0 Å². The number of amides is 1. The number of carbonyl (C=O) groups is 2. The predicted octanol–water partition coefficient (Wildman–Crippen LogP) is 3.71. The molecule has 1 amide bonds. The lowest BCUT2D eigenvalue weighted by molar-refractivity contribution is 0.0417. The third kappa shape index (κ3) is 4.14. The fourth-order valence-corrected chi connectivity index (χ4v) is 3.46. The smallest absolute Gasteiger partial charge is 0.410 e. The molecule has 2 aromatic carbocycles. The van der Waals surface area contributed by atoms with E-state index in [-0.39, 0.29) is 18.2 Å². The van der Waals surface area contributed by atoms with E-state index in [1.807, 2.05) is 42.3 Å². The number of likely N-dealkylation sites (N-methyl/N-ethyl adjacent to an activating group) is 1. The highest BCUT2D eigenvalue weighted by Gasteiger charge is 2.37. The first-order valence-corrected chi connectivity index (χ1v) is 9.40. The maximum Gasteiger partial charge on any atom is 0.410 e. The number of rotatable bonds is 4. The quantitative estimate of drug-likeness (QED) is 0.629. The van der Waals surface area contributed by atoms with E-state index in [1.165, 1.54) is 29.2 Å². The van der Waals surface area contributed by atoms with Crippen LogP contribution in [-0.4, -0.2) is 54.4 Å². The number of Topliss-reactive ketones (excluding diaryl/α,β-unsaturated/α-hetero) is 1. The number of ketones is 1. The van der Waals surface area contributed by atoms with E-state index in [0.29, 0.717) is 30.6 Å². The number of nitrogens with zero attached hydrogens (tertiary/aromatic N) is 2. The Balaban J connectivity index is 1.53. The molecule has 0 N–H and O–H groups in total. The minimum Gasteiger partial charge on any atom is -0.453 e. The minimum absolute atomic E-state index is 0.103. The van der Waals surface area contributed by atoms with Gasteiger partial charge in [-0.2, -0.15) is 0 Å². The van der Waals surface area contributed by atoms with Gasteiger partial charge < -0.3 is 14.1 Å². The molecule has 150 valence electrons. The Morgan fingerprint density at radius 3 is 2.72 bits per heavy atom. The summed E-state index contributed by atoms with van der Waals surface area (Å²) >= 11 is 0. The van der Waals surface area contributed by atoms with Gasteiger partial charge >= 0.3 is 6.09 Å². The Morgan fingerprint density at radius 2 is 1.93 bits per heavy atom. The van der Waals surface area contributed by atoms with Gasteiger partial charge in [0.2, 0.25) is 5.78 Å². The molecule has 4 rings (SSSR count). The molecule has 1 aliphatic heterocycles. The number of benzene rings is 2. The summed E-state index contributed by atoms with van der Waals surface area (Å²) < 4.78 is 24.5. The van der Waals surface area contributed by atoms with Crippen LogP contribution in [0.4, 0.5) is 9.18 Å². The maximum atomic E-state index is 13.4. The number of fused-ring (bicyclic) bond motifs is 1. The van der Waals surface area contributed by atoms with Gasteiger partial charge in [0.15, 0.2) is 5.76 Å².